The van der Waals surface area contributed by atoms with E-state index in [1.54, 1.807) is 6.07 Å². The number of hydrogen-bond acceptors (Lipinski definition) is 2. The van der Waals surface area contributed by atoms with E-state index in [-0.39, 0.29) is 16.9 Å². The van der Waals surface area contributed by atoms with E-state index in [1.807, 2.05) is 6.07 Å². The molecule has 2 nitrogen and oxygen atoms in total. The van der Waals surface area contributed by atoms with Crippen LogP contribution in [0.15, 0.2) is 18.2 Å². The maximum absolute atomic E-state index is 13.1. The smallest absolute Gasteiger partial charge is 0.141 e. The fraction of sp³-hybridized carbons (Fsp3) is 0.538. The minimum Gasteiger partial charge on any atom is -0.312 e. The first kappa shape index (κ1) is 12.8. The van der Waals surface area contributed by atoms with Crippen LogP contribution in [0.4, 0.5) is 4.39 Å². The molecule has 0 saturated carbocycles. The molecule has 1 aromatic carbocycles. The SMILES string of the molecule is CC1CN(C(C)c2ccc(F)c(Cl)c2)CCN1. The van der Waals surface area contributed by atoms with Gasteiger partial charge in [-0.25, -0.2) is 4.39 Å². The molecule has 1 fully saturated rings. The van der Waals surface area contributed by atoms with Gasteiger partial charge in [0.1, 0.15) is 5.82 Å². The Morgan fingerprint density at radius 3 is 2.94 bits per heavy atom. The summed E-state index contributed by atoms with van der Waals surface area (Å²) >= 11 is 5.82. The van der Waals surface area contributed by atoms with Gasteiger partial charge in [0, 0.05) is 31.7 Å². The minimum absolute atomic E-state index is 0.206. The molecule has 17 heavy (non-hydrogen) atoms. The van der Waals surface area contributed by atoms with Crippen molar-refractivity contribution in [3.05, 3.63) is 34.6 Å². The molecule has 0 aliphatic carbocycles. The van der Waals surface area contributed by atoms with E-state index in [1.165, 1.54) is 6.07 Å². The monoisotopic (exact) mass is 256 g/mol. The number of nitrogens with one attached hydrogen (secondary N) is 1. The van der Waals surface area contributed by atoms with E-state index in [4.69, 9.17) is 11.6 Å². The molecule has 0 bridgehead atoms. The Hall–Kier alpha value is -0.640. The highest BCUT2D eigenvalue weighted by Crippen LogP contribution is 2.25. The summed E-state index contributed by atoms with van der Waals surface area (Å²) in [5, 5.41) is 3.62. The molecule has 0 aromatic heterocycles. The standard InChI is InChI=1S/C13H18ClFN2/c1-9-8-17(6-5-16-9)10(2)11-3-4-13(15)12(14)7-11/h3-4,7,9-10,16H,5-6,8H2,1-2H3. The number of hydrogen-bond donors (Lipinski definition) is 1. The van der Waals surface area contributed by atoms with Crippen LogP contribution in [0.3, 0.4) is 0 Å². The second-order valence-electron chi connectivity index (χ2n) is 4.70. The molecule has 1 saturated heterocycles. The lowest BCUT2D eigenvalue weighted by atomic mass is 10.1. The van der Waals surface area contributed by atoms with Gasteiger partial charge in [-0.05, 0) is 31.5 Å². The molecule has 1 heterocycles. The highest BCUT2D eigenvalue weighted by atomic mass is 35.5. The molecule has 1 aliphatic heterocycles. The zero-order valence-electron chi connectivity index (χ0n) is 10.2. The van der Waals surface area contributed by atoms with Gasteiger partial charge in [-0.15, -0.1) is 0 Å². The van der Waals surface area contributed by atoms with Crippen molar-refractivity contribution in [2.45, 2.75) is 25.9 Å². The van der Waals surface area contributed by atoms with Gasteiger partial charge in [0.25, 0.3) is 0 Å². The fourth-order valence-corrected chi connectivity index (χ4v) is 2.49. The van der Waals surface area contributed by atoms with Crippen LogP contribution >= 0.6 is 11.6 Å². The second kappa shape index (κ2) is 5.34. The van der Waals surface area contributed by atoms with Crippen molar-refractivity contribution in [1.82, 2.24) is 10.2 Å². The molecule has 2 atom stereocenters. The van der Waals surface area contributed by atoms with Crippen LogP contribution in [-0.2, 0) is 0 Å². The van der Waals surface area contributed by atoms with Crippen LogP contribution in [0.5, 0.6) is 0 Å². The first-order valence-electron chi connectivity index (χ1n) is 6.00. The predicted octanol–water partition coefficient (Wildman–Crippen LogP) is 2.83. The number of halogens is 2. The third-order valence-electron chi connectivity index (χ3n) is 3.37. The van der Waals surface area contributed by atoms with Crippen LogP contribution in [-0.4, -0.2) is 30.6 Å². The maximum Gasteiger partial charge on any atom is 0.141 e. The third kappa shape index (κ3) is 2.97. The summed E-state index contributed by atoms with van der Waals surface area (Å²) in [5.41, 5.74) is 1.07. The first-order valence-corrected chi connectivity index (χ1v) is 6.38. The molecule has 1 aliphatic rings. The molecule has 0 radical (unpaired) electrons. The zero-order valence-corrected chi connectivity index (χ0v) is 11.0. The fourth-order valence-electron chi connectivity index (χ4n) is 2.30. The van der Waals surface area contributed by atoms with Gasteiger partial charge in [-0.1, -0.05) is 17.7 Å². The van der Waals surface area contributed by atoms with Crippen LogP contribution < -0.4 is 5.32 Å². The van der Waals surface area contributed by atoms with Gasteiger partial charge < -0.3 is 5.32 Å². The van der Waals surface area contributed by atoms with E-state index >= 15 is 0 Å². The largest absolute Gasteiger partial charge is 0.312 e. The van der Waals surface area contributed by atoms with Gasteiger partial charge in [0.2, 0.25) is 0 Å². The van der Waals surface area contributed by atoms with Gasteiger partial charge in [-0.2, -0.15) is 0 Å². The predicted molar refractivity (Wildman–Crippen MR) is 68.9 cm³/mol. The quantitative estimate of drug-likeness (QED) is 0.875. The summed E-state index contributed by atoms with van der Waals surface area (Å²) in [5.74, 6) is -0.351. The van der Waals surface area contributed by atoms with Crippen molar-refractivity contribution in [3.63, 3.8) is 0 Å². The van der Waals surface area contributed by atoms with Crippen molar-refractivity contribution in [1.29, 1.82) is 0 Å². The summed E-state index contributed by atoms with van der Waals surface area (Å²) in [6.07, 6.45) is 0. The molecule has 1 aromatic rings. The molecule has 94 valence electrons. The summed E-state index contributed by atoms with van der Waals surface area (Å²) in [7, 11) is 0. The molecular weight excluding hydrogens is 239 g/mol. The Labute approximate surface area is 107 Å². The number of rotatable bonds is 2. The van der Waals surface area contributed by atoms with Gasteiger partial charge >= 0.3 is 0 Å². The maximum atomic E-state index is 13.1. The van der Waals surface area contributed by atoms with Gasteiger partial charge in [0.15, 0.2) is 0 Å². The van der Waals surface area contributed by atoms with Crippen LogP contribution in [0.25, 0.3) is 0 Å². The lowest BCUT2D eigenvalue weighted by molar-refractivity contribution is 0.158. The molecule has 0 amide bonds. The molecule has 1 N–H and O–H groups in total. The highest BCUT2D eigenvalue weighted by molar-refractivity contribution is 6.30. The first-order chi connectivity index (χ1) is 8.08. The van der Waals surface area contributed by atoms with E-state index < -0.39 is 0 Å². The lowest BCUT2D eigenvalue weighted by Gasteiger charge is -2.36. The van der Waals surface area contributed by atoms with E-state index in [0.29, 0.717) is 6.04 Å². The highest BCUT2D eigenvalue weighted by Gasteiger charge is 2.21. The Kier molecular flexibility index (Phi) is 4.02. The van der Waals surface area contributed by atoms with E-state index in [0.717, 1.165) is 25.2 Å². The molecule has 0 spiro atoms. The van der Waals surface area contributed by atoms with Crippen molar-refractivity contribution in [2.75, 3.05) is 19.6 Å². The molecular formula is C13H18ClFN2. The van der Waals surface area contributed by atoms with Crippen LogP contribution in [0.2, 0.25) is 5.02 Å². The van der Waals surface area contributed by atoms with Crippen molar-refractivity contribution in [2.24, 2.45) is 0 Å². The van der Waals surface area contributed by atoms with E-state index in [2.05, 4.69) is 24.1 Å². The Balaban J connectivity index is 2.12. The Bertz CT molecular complexity index is 397. The van der Waals surface area contributed by atoms with Crippen molar-refractivity contribution >= 4 is 11.6 Å². The van der Waals surface area contributed by atoms with Crippen LogP contribution in [0.1, 0.15) is 25.5 Å². The second-order valence-corrected chi connectivity index (χ2v) is 5.11. The summed E-state index contributed by atoms with van der Waals surface area (Å²) in [6, 6.07) is 5.77. The van der Waals surface area contributed by atoms with Gasteiger partial charge in [0.05, 0.1) is 5.02 Å². The molecule has 2 unspecified atom stereocenters. The summed E-state index contributed by atoms with van der Waals surface area (Å²) in [6.45, 7) is 7.34. The summed E-state index contributed by atoms with van der Waals surface area (Å²) < 4.78 is 13.1. The Morgan fingerprint density at radius 2 is 2.29 bits per heavy atom. The number of nitrogens with zero attached hydrogens (tertiary/aromatic N) is 1. The normalized spacial score (nSPS) is 23.6. The number of piperazine rings is 1. The van der Waals surface area contributed by atoms with Gasteiger partial charge in [-0.3, -0.25) is 4.90 Å². The average Bonchev–Trinajstić information content (AvgIpc) is 2.32. The zero-order chi connectivity index (χ0) is 12.4. The minimum atomic E-state index is -0.351. The Morgan fingerprint density at radius 1 is 1.53 bits per heavy atom. The lowest BCUT2D eigenvalue weighted by Crippen LogP contribution is -2.49. The van der Waals surface area contributed by atoms with E-state index in [9.17, 15) is 4.39 Å². The third-order valence-corrected chi connectivity index (χ3v) is 3.66. The molecule has 2 rings (SSSR count). The molecule has 4 heteroatoms. The van der Waals surface area contributed by atoms with Crippen molar-refractivity contribution < 1.29 is 4.39 Å². The van der Waals surface area contributed by atoms with Crippen LogP contribution in [0, 0.1) is 5.82 Å². The topological polar surface area (TPSA) is 15.3 Å². The number of benzene rings is 1. The average molecular weight is 257 g/mol. The summed E-state index contributed by atoms with van der Waals surface area (Å²) in [4.78, 5) is 2.39. The van der Waals surface area contributed by atoms with Crippen molar-refractivity contribution in [3.8, 4) is 0 Å².